The number of hydrogen-bond donors (Lipinski definition) is 2. The van der Waals surface area contributed by atoms with E-state index in [0.717, 1.165) is 19.4 Å². The Morgan fingerprint density at radius 2 is 2.26 bits per heavy atom. The van der Waals surface area contributed by atoms with Gasteiger partial charge in [0.2, 0.25) is 0 Å². The first-order chi connectivity index (χ1) is 9.33. The second-order valence-corrected chi connectivity index (χ2v) is 5.92. The third kappa shape index (κ3) is 2.66. The number of nitrogens with zero attached hydrogens (tertiary/aromatic N) is 1. The van der Waals surface area contributed by atoms with Crippen LogP contribution >= 0.6 is 0 Å². The van der Waals surface area contributed by atoms with Crippen LogP contribution in [0.15, 0.2) is 24.5 Å². The lowest BCUT2D eigenvalue weighted by molar-refractivity contribution is -0.0982. The number of rotatable bonds is 3. The molecule has 0 aromatic carbocycles. The van der Waals surface area contributed by atoms with E-state index in [1.165, 1.54) is 31.2 Å². The first-order valence-corrected chi connectivity index (χ1v) is 7.33. The minimum Gasteiger partial charge on any atom is -0.375 e. The van der Waals surface area contributed by atoms with Crippen molar-refractivity contribution in [2.75, 3.05) is 6.61 Å². The van der Waals surface area contributed by atoms with Gasteiger partial charge in [-0.2, -0.15) is 0 Å². The summed E-state index contributed by atoms with van der Waals surface area (Å²) in [5.41, 5.74) is 4.32. The van der Waals surface area contributed by atoms with E-state index in [1.807, 2.05) is 12.3 Å². The number of nitrogens with one attached hydrogen (secondary N) is 1. The van der Waals surface area contributed by atoms with Crippen molar-refractivity contribution in [1.82, 2.24) is 10.4 Å². The van der Waals surface area contributed by atoms with Crippen molar-refractivity contribution >= 4 is 0 Å². The maximum absolute atomic E-state index is 6.10. The fraction of sp³-hybridized carbons (Fsp3) is 0.667. The molecule has 19 heavy (non-hydrogen) atoms. The van der Waals surface area contributed by atoms with Crippen molar-refractivity contribution in [2.45, 2.75) is 50.2 Å². The molecular formula is C15H23N3O. The second kappa shape index (κ2) is 5.57. The van der Waals surface area contributed by atoms with Gasteiger partial charge in [-0.25, -0.2) is 0 Å². The fourth-order valence-electron chi connectivity index (χ4n) is 3.78. The van der Waals surface area contributed by atoms with Gasteiger partial charge in [-0.15, -0.1) is 0 Å². The second-order valence-electron chi connectivity index (χ2n) is 5.92. The molecule has 1 saturated heterocycles. The van der Waals surface area contributed by atoms with Crippen molar-refractivity contribution in [3.8, 4) is 0 Å². The van der Waals surface area contributed by atoms with Gasteiger partial charge >= 0.3 is 0 Å². The molecule has 1 spiro atoms. The maximum Gasteiger partial charge on any atom is 0.0686 e. The molecule has 104 valence electrons. The van der Waals surface area contributed by atoms with Crippen LogP contribution in [0.5, 0.6) is 0 Å². The number of nitrogens with two attached hydrogens (primary N) is 1. The van der Waals surface area contributed by atoms with Crippen LogP contribution in [-0.2, 0) is 4.74 Å². The summed E-state index contributed by atoms with van der Waals surface area (Å²) in [6.45, 7) is 0.864. The molecule has 2 heterocycles. The zero-order valence-corrected chi connectivity index (χ0v) is 11.3. The molecule has 2 unspecified atom stereocenters. The zero-order chi connectivity index (χ0) is 13.1. The quantitative estimate of drug-likeness (QED) is 0.647. The van der Waals surface area contributed by atoms with Crippen LogP contribution in [0.1, 0.15) is 50.1 Å². The Kier molecular flexibility index (Phi) is 3.82. The Morgan fingerprint density at radius 3 is 2.95 bits per heavy atom. The van der Waals surface area contributed by atoms with Gasteiger partial charge in [0.15, 0.2) is 0 Å². The lowest BCUT2D eigenvalue weighted by Crippen LogP contribution is -2.43. The normalized spacial score (nSPS) is 27.5. The van der Waals surface area contributed by atoms with E-state index in [-0.39, 0.29) is 11.6 Å². The predicted molar refractivity (Wildman–Crippen MR) is 74.2 cm³/mol. The predicted octanol–water partition coefficient (Wildman–Crippen LogP) is 2.33. The van der Waals surface area contributed by atoms with Crippen LogP contribution in [0.4, 0.5) is 0 Å². The third-order valence-electron chi connectivity index (χ3n) is 4.74. The Morgan fingerprint density at radius 1 is 1.42 bits per heavy atom. The average Bonchev–Trinajstić information content (AvgIpc) is 2.89. The van der Waals surface area contributed by atoms with E-state index in [0.29, 0.717) is 5.92 Å². The Bertz CT molecular complexity index is 403. The summed E-state index contributed by atoms with van der Waals surface area (Å²) in [7, 11) is 0. The number of ether oxygens (including phenoxy) is 1. The largest absolute Gasteiger partial charge is 0.375 e. The summed E-state index contributed by atoms with van der Waals surface area (Å²) < 4.78 is 6.10. The molecule has 3 N–H and O–H groups in total. The average molecular weight is 261 g/mol. The number of hydrazine groups is 1. The summed E-state index contributed by atoms with van der Waals surface area (Å²) in [6.07, 6.45) is 11.0. The Balaban J connectivity index is 1.76. The van der Waals surface area contributed by atoms with Gasteiger partial charge in [0, 0.05) is 19.0 Å². The van der Waals surface area contributed by atoms with Crippen LogP contribution in [0.2, 0.25) is 0 Å². The zero-order valence-electron chi connectivity index (χ0n) is 11.3. The number of hydrogen-bond acceptors (Lipinski definition) is 4. The molecule has 1 saturated carbocycles. The van der Waals surface area contributed by atoms with Crippen molar-refractivity contribution in [3.05, 3.63) is 30.1 Å². The van der Waals surface area contributed by atoms with Gasteiger partial charge in [-0.1, -0.05) is 18.9 Å². The van der Waals surface area contributed by atoms with E-state index in [1.54, 1.807) is 6.20 Å². The summed E-state index contributed by atoms with van der Waals surface area (Å²) in [6, 6.07) is 4.27. The molecule has 2 aliphatic rings. The van der Waals surface area contributed by atoms with E-state index >= 15 is 0 Å². The minimum atomic E-state index is 0.139. The highest BCUT2D eigenvalue weighted by molar-refractivity contribution is 5.15. The van der Waals surface area contributed by atoms with Crippen LogP contribution < -0.4 is 11.3 Å². The first kappa shape index (κ1) is 13.0. The summed E-state index contributed by atoms with van der Waals surface area (Å²) in [4.78, 5) is 4.21. The van der Waals surface area contributed by atoms with Crippen molar-refractivity contribution in [3.63, 3.8) is 0 Å². The molecule has 2 atom stereocenters. The molecule has 4 nitrogen and oxygen atoms in total. The van der Waals surface area contributed by atoms with Gasteiger partial charge in [0.25, 0.3) is 0 Å². The van der Waals surface area contributed by atoms with Gasteiger partial charge < -0.3 is 4.74 Å². The highest BCUT2D eigenvalue weighted by Gasteiger charge is 2.42. The third-order valence-corrected chi connectivity index (χ3v) is 4.74. The number of aromatic nitrogens is 1. The number of pyridine rings is 1. The van der Waals surface area contributed by atoms with Gasteiger partial charge in [-0.3, -0.25) is 16.3 Å². The Labute approximate surface area is 114 Å². The standard InChI is InChI=1S/C15H23N3O/c16-18-14(13-4-3-8-17-11-13)12-5-9-19-15(10-12)6-1-2-7-15/h3-4,8,11-12,14,18H,1-2,5-7,9-10,16H2. The smallest absolute Gasteiger partial charge is 0.0686 e. The molecule has 0 radical (unpaired) electrons. The minimum absolute atomic E-state index is 0.139. The van der Waals surface area contributed by atoms with Crippen LogP contribution in [0, 0.1) is 5.92 Å². The van der Waals surface area contributed by atoms with E-state index in [4.69, 9.17) is 10.6 Å². The van der Waals surface area contributed by atoms with Crippen LogP contribution in [0.3, 0.4) is 0 Å². The lowest BCUT2D eigenvalue weighted by atomic mass is 9.79. The highest BCUT2D eigenvalue weighted by atomic mass is 16.5. The molecule has 0 bridgehead atoms. The highest BCUT2D eigenvalue weighted by Crippen LogP contribution is 2.45. The van der Waals surface area contributed by atoms with Gasteiger partial charge in [-0.05, 0) is 43.2 Å². The molecular weight excluding hydrogens is 238 g/mol. The molecule has 1 aromatic rings. The first-order valence-electron chi connectivity index (χ1n) is 7.33. The van der Waals surface area contributed by atoms with E-state index in [9.17, 15) is 0 Å². The molecule has 1 aromatic heterocycles. The summed E-state index contributed by atoms with van der Waals surface area (Å²) in [5, 5.41) is 0. The SMILES string of the molecule is NNC(c1cccnc1)C1CCOC2(CCCC2)C1. The van der Waals surface area contributed by atoms with Crippen molar-refractivity contribution < 1.29 is 4.74 Å². The Hall–Kier alpha value is -0.970. The van der Waals surface area contributed by atoms with Crippen LogP contribution in [0.25, 0.3) is 0 Å². The molecule has 3 rings (SSSR count). The molecule has 0 amide bonds. The summed E-state index contributed by atoms with van der Waals surface area (Å²) in [5.74, 6) is 6.35. The molecule has 4 heteroatoms. The molecule has 2 fully saturated rings. The molecule has 1 aliphatic heterocycles. The topological polar surface area (TPSA) is 60.2 Å². The van der Waals surface area contributed by atoms with Gasteiger partial charge in [0.05, 0.1) is 11.6 Å². The molecule has 1 aliphatic carbocycles. The van der Waals surface area contributed by atoms with Crippen molar-refractivity contribution in [1.29, 1.82) is 0 Å². The maximum atomic E-state index is 6.10. The lowest BCUT2D eigenvalue weighted by Gasteiger charge is -2.41. The van der Waals surface area contributed by atoms with Crippen LogP contribution in [-0.4, -0.2) is 17.2 Å². The van der Waals surface area contributed by atoms with E-state index < -0.39 is 0 Å². The fourth-order valence-corrected chi connectivity index (χ4v) is 3.78. The van der Waals surface area contributed by atoms with Gasteiger partial charge in [0.1, 0.15) is 0 Å². The van der Waals surface area contributed by atoms with E-state index in [2.05, 4.69) is 16.5 Å². The summed E-state index contributed by atoms with van der Waals surface area (Å²) >= 11 is 0. The van der Waals surface area contributed by atoms with Crippen molar-refractivity contribution in [2.24, 2.45) is 11.8 Å². The monoisotopic (exact) mass is 261 g/mol.